The van der Waals surface area contributed by atoms with Crippen molar-refractivity contribution in [2.45, 2.75) is 51.6 Å². The molecule has 0 heterocycles. The van der Waals surface area contributed by atoms with E-state index in [9.17, 15) is 14.7 Å². The Hall–Kier alpha value is -1.68. The number of benzene rings is 1. The molecule has 0 aliphatic rings. The SMILES string of the molecule is CCOC(=O)CC(=O)C[C@@H](O)CCCCc1ccccc1. The fourth-order valence-corrected chi connectivity index (χ4v) is 2.16. The zero-order valence-electron chi connectivity index (χ0n) is 12.6. The van der Waals surface area contributed by atoms with E-state index < -0.39 is 12.1 Å². The normalized spacial score (nSPS) is 11.9. The summed E-state index contributed by atoms with van der Waals surface area (Å²) in [6.07, 6.45) is 2.53. The molecular formula is C17H24O4. The Morgan fingerprint density at radius 3 is 2.57 bits per heavy atom. The largest absolute Gasteiger partial charge is 0.466 e. The van der Waals surface area contributed by atoms with Gasteiger partial charge in [0.2, 0.25) is 0 Å². The number of aliphatic hydroxyl groups excluding tert-OH is 1. The smallest absolute Gasteiger partial charge is 0.313 e. The van der Waals surface area contributed by atoms with Crippen LogP contribution in [0.3, 0.4) is 0 Å². The molecule has 0 radical (unpaired) electrons. The van der Waals surface area contributed by atoms with E-state index in [0.29, 0.717) is 6.42 Å². The predicted molar refractivity (Wildman–Crippen MR) is 80.9 cm³/mol. The molecule has 1 aromatic rings. The molecule has 1 aromatic carbocycles. The molecule has 0 unspecified atom stereocenters. The Morgan fingerprint density at radius 2 is 1.90 bits per heavy atom. The molecule has 0 aliphatic carbocycles. The van der Waals surface area contributed by atoms with Crippen LogP contribution in [0.1, 0.15) is 44.6 Å². The highest BCUT2D eigenvalue weighted by Gasteiger charge is 2.14. The van der Waals surface area contributed by atoms with E-state index in [2.05, 4.69) is 12.1 Å². The first-order valence-electron chi connectivity index (χ1n) is 7.51. The third-order valence-corrected chi connectivity index (χ3v) is 3.21. The third kappa shape index (κ3) is 8.25. The first kappa shape index (κ1) is 17.4. The van der Waals surface area contributed by atoms with Crippen molar-refractivity contribution in [3.8, 4) is 0 Å². The summed E-state index contributed by atoms with van der Waals surface area (Å²) in [5, 5.41) is 9.79. The van der Waals surface area contributed by atoms with Crippen molar-refractivity contribution in [1.82, 2.24) is 0 Å². The minimum Gasteiger partial charge on any atom is -0.466 e. The summed E-state index contributed by atoms with van der Waals surface area (Å²) in [4.78, 5) is 22.7. The summed E-state index contributed by atoms with van der Waals surface area (Å²) in [6, 6.07) is 10.2. The maximum Gasteiger partial charge on any atom is 0.313 e. The van der Waals surface area contributed by atoms with Gasteiger partial charge in [-0.05, 0) is 31.7 Å². The standard InChI is InChI=1S/C17H24O4/c1-2-21-17(20)13-16(19)12-15(18)11-7-6-10-14-8-4-3-5-9-14/h3-5,8-9,15,18H,2,6-7,10-13H2,1H3/t15-/m0/s1. The van der Waals surface area contributed by atoms with Gasteiger partial charge in [-0.15, -0.1) is 0 Å². The number of ether oxygens (including phenoxy) is 1. The van der Waals surface area contributed by atoms with E-state index in [1.807, 2.05) is 18.2 Å². The highest BCUT2D eigenvalue weighted by atomic mass is 16.5. The minimum absolute atomic E-state index is 0.0319. The average molecular weight is 292 g/mol. The first-order valence-corrected chi connectivity index (χ1v) is 7.51. The first-order chi connectivity index (χ1) is 10.1. The van der Waals surface area contributed by atoms with Crippen molar-refractivity contribution in [2.24, 2.45) is 0 Å². The van der Waals surface area contributed by atoms with Crippen molar-refractivity contribution in [1.29, 1.82) is 0 Å². The van der Waals surface area contributed by atoms with Crippen LogP contribution in [-0.4, -0.2) is 29.6 Å². The summed E-state index contributed by atoms with van der Waals surface area (Å²) in [5.74, 6) is -0.775. The number of carbonyl (C=O) groups excluding carboxylic acids is 2. The van der Waals surface area contributed by atoms with Gasteiger partial charge in [0.05, 0.1) is 12.7 Å². The third-order valence-electron chi connectivity index (χ3n) is 3.21. The molecule has 0 saturated carbocycles. The zero-order chi connectivity index (χ0) is 15.5. The van der Waals surface area contributed by atoms with Gasteiger partial charge in [0.1, 0.15) is 12.2 Å². The van der Waals surface area contributed by atoms with Crippen LogP contribution in [0.2, 0.25) is 0 Å². The number of rotatable bonds is 10. The molecular weight excluding hydrogens is 268 g/mol. The second-order valence-corrected chi connectivity index (χ2v) is 5.11. The summed E-state index contributed by atoms with van der Waals surface area (Å²) in [6.45, 7) is 1.97. The number of ketones is 1. The number of aliphatic hydroxyl groups is 1. The topological polar surface area (TPSA) is 63.6 Å². The second-order valence-electron chi connectivity index (χ2n) is 5.11. The van der Waals surface area contributed by atoms with Gasteiger partial charge in [0.15, 0.2) is 0 Å². The van der Waals surface area contributed by atoms with Crippen molar-refractivity contribution in [3.05, 3.63) is 35.9 Å². The molecule has 4 heteroatoms. The number of carbonyl (C=O) groups is 2. The summed E-state index contributed by atoms with van der Waals surface area (Å²) in [7, 11) is 0. The lowest BCUT2D eigenvalue weighted by Crippen LogP contribution is -2.17. The lowest BCUT2D eigenvalue weighted by atomic mass is 10.0. The van der Waals surface area contributed by atoms with Crippen molar-refractivity contribution >= 4 is 11.8 Å². The Morgan fingerprint density at radius 1 is 1.19 bits per heavy atom. The van der Waals surface area contributed by atoms with Gasteiger partial charge in [-0.2, -0.15) is 0 Å². The Bertz CT molecular complexity index is 428. The summed E-state index contributed by atoms with van der Waals surface area (Å²) < 4.78 is 4.70. The molecule has 1 atom stereocenters. The van der Waals surface area contributed by atoms with Gasteiger partial charge < -0.3 is 9.84 Å². The molecule has 0 bridgehead atoms. The van der Waals surface area contributed by atoms with Crippen molar-refractivity contribution in [3.63, 3.8) is 0 Å². The Balaban J connectivity index is 2.12. The summed E-state index contributed by atoms with van der Waals surface area (Å²) >= 11 is 0. The van der Waals surface area contributed by atoms with Crippen LogP contribution < -0.4 is 0 Å². The van der Waals surface area contributed by atoms with Crippen LogP contribution in [0, 0.1) is 0 Å². The van der Waals surface area contributed by atoms with Gasteiger partial charge in [-0.1, -0.05) is 36.8 Å². The highest BCUT2D eigenvalue weighted by Crippen LogP contribution is 2.10. The molecule has 1 N–H and O–H groups in total. The molecule has 116 valence electrons. The van der Waals surface area contributed by atoms with Crippen LogP contribution >= 0.6 is 0 Å². The van der Waals surface area contributed by atoms with Gasteiger partial charge in [0.25, 0.3) is 0 Å². The predicted octanol–water partition coefficient (Wildman–Crippen LogP) is 2.67. The van der Waals surface area contributed by atoms with Gasteiger partial charge in [0, 0.05) is 6.42 Å². The highest BCUT2D eigenvalue weighted by molar-refractivity contribution is 5.95. The quantitative estimate of drug-likeness (QED) is 0.409. The molecule has 0 amide bonds. The molecule has 0 aliphatic heterocycles. The maximum absolute atomic E-state index is 11.5. The molecule has 0 fully saturated rings. The van der Waals surface area contributed by atoms with Crippen LogP contribution in [0.25, 0.3) is 0 Å². The number of unbranched alkanes of at least 4 members (excludes halogenated alkanes) is 1. The minimum atomic E-state index is -0.664. The second kappa shape index (κ2) is 10.1. The number of aryl methyl sites for hydroxylation is 1. The Labute approximate surface area is 126 Å². The molecule has 0 aromatic heterocycles. The van der Waals surface area contributed by atoms with Gasteiger partial charge >= 0.3 is 5.97 Å². The lowest BCUT2D eigenvalue weighted by Gasteiger charge is -2.09. The average Bonchev–Trinajstić information content (AvgIpc) is 2.44. The fraction of sp³-hybridized carbons (Fsp3) is 0.529. The van der Waals surface area contributed by atoms with E-state index in [1.165, 1.54) is 5.56 Å². The van der Waals surface area contributed by atoms with E-state index in [4.69, 9.17) is 4.74 Å². The number of Topliss-reactive ketones (excluding diaryl/α,β-unsaturated/α-hetero) is 1. The van der Waals surface area contributed by atoms with Crippen LogP contribution in [-0.2, 0) is 20.7 Å². The van der Waals surface area contributed by atoms with Crippen LogP contribution in [0.5, 0.6) is 0 Å². The zero-order valence-corrected chi connectivity index (χ0v) is 12.6. The number of hydrogen-bond donors (Lipinski definition) is 1. The lowest BCUT2D eigenvalue weighted by molar-refractivity contribution is -0.145. The fourth-order valence-electron chi connectivity index (χ4n) is 2.16. The van der Waals surface area contributed by atoms with Crippen LogP contribution in [0.15, 0.2) is 30.3 Å². The summed E-state index contributed by atoms with van der Waals surface area (Å²) in [5.41, 5.74) is 1.28. The molecule has 4 nitrogen and oxygen atoms in total. The monoisotopic (exact) mass is 292 g/mol. The Kier molecular flexibility index (Phi) is 8.36. The van der Waals surface area contributed by atoms with Gasteiger partial charge in [-0.3, -0.25) is 9.59 Å². The molecule has 0 saturated heterocycles. The van der Waals surface area contributed by atoms with E-state index in [1.54, 1.807) is 6.92 Å². The van der Waals surface area contributed by atoms with E-state index >= 15 is 0 Å². The molecule has 0 spiro atoms. The molecule has 21 heavy (non-hydrogen) atoms. The maximum atomic E-state index is 11.5. The van der Waals surface area contributed by atoms with Crippen molar-refractivity contribution in [2.75, 3.05) is 6.61 Å². The van der Waals surface area contributed by atoms with Crippen molar-refractivity contribution < 1.29 is 19.4 Å². The number of hydrogen-bond acceptors (Lipinski definition) is 4. The van der Waals surface area contributed by atoms with Crippen LogP contribution in [0.4, 0.5) is 0 Å². The van der Waals surface area contributed by atoms with Gasteiger partial charge in [-0.25, -0.2) is 0 Å². The molecule has 1 rings (SSSR count). The number of esters is 1. The van der Waals surface area contributed by atoms with E-state index in [0.717, 1.165) is 19.3 Å². The van der Waals surface area contributed by atoms with E-state index in [-0.39, 0.29) is 25.2 Å².